The van der Waals surface area contributed by atoms with Gasteiger partial charge in [-0.3, -0.25) is 9.79 Å². The molecule has 0 radical (unpaired) electrons. The number of pyridine rings is 1. The summed E-state index contributed by atoms with van der Waals surface area (Å²) in [7, 11) is 0. The minimum Gasteiger partial charge on any atom is -0.293 e. The summed E-state index contributed by atoms with van der Waals surface area (Å²) in [6.07, 6.45) is -4.37. The van der Waals surface area contributed by atoms with Crippen molar-refractivity contribution in [2.75, 3.05) is 0 Å². The van der Waals surface area contributed by atoms with Crippen LogP contribution >= 0.6 is 0 Å². The molecule has 1 aromatic heterocycles. The lowest BCUT2D eigenvalue weighted by Crippen LogP contribution is -2.04. The summed E-state index contributed by atoms with van der Waals surface area (Å²) in [6, 6.07) is 9.51. The van der Waals surface area contributed by atoms with E-state index >= 15 is 0 Å². The van der Waals surface area contributed by atoms with Crippen LogP contribution in [0.25, 0.3) is 0 Å². The van der Waals surface area contributed by atoms with Crippen molar-refractivity contribution in [3.05, 3.63) is 59.4 Å². The number of aromatic nitrogens is 1. The zero-order valence-corrected chi connectivity index (χ0v) is 12.0. The SMILES string of the molecule is CC(=O)c1cccc(C(C)=Nc2ccc(C(F)(F)F)cc2)n1. The summed E-state index contributed by atoms with van der Waals surface area (Å²) in [5.74, 6) is -0.163. The standard InChI is InChI=1S/C16H13F3N2O/c1-10(14-4-3-5-15(21-14)11(2)22)20-13-8-6-12(7-9-13)16(17,18)19/h3-9H,1-2H3. The van der Waals surface area contributed by atoms with Gasteiger partial charge in [0.25, 0.3) is 0 Å². The lowest BCUT2D eigenvalue weighted by Gasteiger charge is -2.06. The largest absolute Gasteiger partial charge is 0.416 e. The molecule has 0 atom stereocenters. The topological polar surface area (TPSA) is 42.3 Å². The third kappa shape index (κ3) is 3.78. The molecule has 3 nitrogen and oxygen atoms in total. The van der Waals surface area contributed by atoms with Gasteiger partial charge in [-0.25, -0.2) is 4.98 Å². The molecule has 0 amide bonds. The normalized spacial score (nSPS) is 12.3. The van der Waals surface area contributed by atoms with Crippen LogP contribution in [0, 0.1) is 0 Å². The summed E-state index contributed by atoms with van der Waals surface area (Å²) < 4.78 is 37.5. The molecule has 0 aliphatic heterocycles. The highest BCUT2D eigenvalue weighted by Crippen LogP contribution is 2.30. The molecule has 1 heterocycles. The fourth-order valence-corrected chi connectivity index (χ4v) is 1.81. The Morgan fingerprint density at radius 3 is 2.14 bits per heavy atom. The average molecular weight is 306 g/mol. The number of Topliss-reactive ketones (excluding diaryl/α,β-unsaturated/α-hetero) is 1. The predicted octanol–water partition coefficient (Wildman–Crippen LogP) is 4.44. The molecular weight excluding hydrogens is 293 g/mol. The summed E-state index contributed by atoms with van der Waals surface area (Å²) in [5.41, 5.74) is 1.01. The van der Waals surface area contributed by atoms with E-state index in [1.54, 1.807) is 25.1 Å². The second-order valence-corrected chi connectivity index (χ2v) is 4.71. The summed E-state index contributed by atoms with van der Waals surface area (Å²) in [5, 5.41) is 0. The van der Waals surface area contributed by atoms with E-state index in [1.165, 1.54) is 19.1 Å². The molecule has 0 spiro atoms. The number of aliphatic imine (C=N–C) groups is 1. The molecule has 0 aliphatic carbocycles. The lowest BCUT2D eigenvalue weighted by molar-refractivity contribution is -0.137. The summed E-state index contributed by atoms with van der Waals surface area (Å²) >= 11 is 0. The van der Waals surface area contributed by atoms with Gasteiger partial charge in [0.2, 0.25) is 0 Å². The number of carbonyl (C=O) groups is 1. The lowest BCUT2D eigenvalue weighted by atomic mass is 10.2. The first-order chi connectivity index (χ1) is 10.3. The molecule has 0 saturated carbocycles. The van der Waals surface area contributed by atoms with Crippen molar-refractivity contribution in [3.63, 3.8) is 0 Å². The molecule has 22 heavy (non-hydrogen) atoms. The molecule has 2 rings (SSSR count). The molecule has 6 heteroatoms. The Bertz CT molecular complexity index is 719. The van der Waals surface area contributed by atoms with E-state index in [-0.39, 0.29) is 5.78 Å². The number of hydrogen-bond acceptors (Lipinski definition) is 3. The van der Waals surface area contributed by atoms with E-state index in [1.807, 2.05) is 0 Å². The van der Waals surface area contributed by atoms with Gasteiger partial charge in [-0.2, -0.15) is 13.2 Å². The molecular formula is C16H13F3N2O. The highest BCUT2D eigenvalue weighted by atomic mass is 19.4. The van der Waals surface area contributed by atoms with Gasteiger partial charge >= 0.3 is 6.18 Å². The highest BCUT2D eigenvalue weighted by Gasteiger charge is 2.29. The molecule has 0 fully saturated rings. The second kappa shape index (κ2) is 6.09. The van der Waals surface area contributed by atoms with Crippen molar-refractivity contribution in [2.24, 2.45) is 4.99 Å². The Morgan fingerprint density at radius 1 is 1.00 bits per heavy atom. The van der Waals surface area contributed by atoms with Crippen molar-refractivity contribution in [1.82, 2.24) is 4.98 Å². The van der Waals surface area contributed by atoms with Crippen LogP contribution in [-0.4, -0.2) is 16.5 Å². The predicted molar refractivity (Wildman–Crippen MR) is 77.6 cm³/mol. The molecule has 0 N–H and O–H groups in total. The van der Waals surface area contributed by atoms with Gasteiger partial charge in [0.05, 0.1) is 22.7 Å². The van der Waals surface area contributed by atoms with E-state index in [0.29, 0.717) is 22.8 Å². The quantitative estimate of drug-likeness (QED) is 0.621. The van der Waals surface area contributed by atoms with E-state index < -0.39 is 11.7 Å². The van der Waals surface area contributed by atoms with E-state index in [2.05, 4.69) is 9.98 Å². The number of benzene rings is 1. The minimum atomic E-state index is -4.37. The van der Waals surface area contributed by atoms with Crippen molar-refractivity contribution in [2.45, 2.75) is 20.0 Å². The van der Waals surface area contributed by atoms with Crippen LogP contribution in [0.5, 0.6) is 0 Å². The fourth-order valence-electron chi connectivity index (χ4n) is 1.81. The Balaban J connectivity index is 2.29. The Labute approximate surface area is 125 Å². The Hall–Kier alpha value is -2.50. The van der Waals surface area contributed by atoms with Crippen LogP contribution < -0.4 is 0 Å². The number of carbonyl (C=O) groups excluding carboxylic acids is 1. The first-order valence-corrected chi connectivity index (χ1v) is 6.48. The van der Waals surface area contributed by atoms with Crippen molar-refractivity contribution in [1.29, 1.82) is 0 Å². The molecule has 1 aromatic carbocycles. The van der Waals surface area contributed by atoms with Gasteiger partial charge < -0.3 is 0 Å². The molecule has 114 valence electrons. The highest BCUT2D eigenvalue weighted by molar-refractivity contribution is 6.00. The first-order valence-electron chi connectivity index (χ1n) is 6.48. The van der Waals surface area contributed by atoms with E-state index in [4.69, 9.17) is 0 Å². The fraction of sp³-hybridized carbons (Fsp3) is 0.188. The molecule has 0 unspecified atom stereocenters. The van der Waals surface area contributed by atoms with Gasteiger partial charge in [-0.1, -0.05) is 6.07 Å². The maximum atomic E-state index is 12.5. The van der Waals surface area contributed by atoms with E-state index in [9.17, 15) is 18.0 Å². The molecule has 0 saturated heterocycles. The average Bonchev–Trinajstić information content (AvgIpc) is 2.47. The third-order valence-corrected chi connectivity index (χ3v) is 2.97. The zero-order chi connectivity index (χ0) is 16.3. The number of nitrogens with zero attached hydrogens (tertiary/aromatic N) is 2. The number of alkyl halides is 3. The minimum absolute atomic E-state index is 0.163. The zero-order valence-electron chi connectivity index (χ0n) is 12.0. The monoisotopic (exact) mass is 306 g/mol. The second-order valence-electron chi connectivity index (χ2n) is 4.71. The number of halogens is 3. The van der Waals surface area contributed by atoms with Gasteiger partial charge in [0, 0.05) is 6.92 Å². The van der Waals surface area contributed by atoms with Crippen LogP contribution in [0.3, 0.4) is 0 Å². The van der Waals surface area contributed by atoms with Crippen molar-refractivity contribution >= 4 is 17.2 Å². The smallest absolute Gasteiger partial charge is 0.293 e. The summed E-state index contributed by atoms with van der Waals surface area (Å²) in [6.45, 7) is 3.10. The molecule has 0 bridgehead atoms. The number of rotatable bonds is 3. The first kappa shape index (κ1) is 15.9. The maximum Gasteiger partial charge on any atom is 0.416 e. The van der Waals surface area contributed by atoms with Crippen LogP contribution in [0.4, 0.5) is 18.9 Å². The van der Waals surface area contributed by atoms with Gasteiger partial charge in [0.15, 0.2) is 5.78 Å². The van der Waals surface area contributed by atoms with Crippen LogP contribution in [0.1, 0.15) is 35.6 Å². The molecule has 2 aromatic rings. The molecule has 0 aliphatic rings. The van der Waals surface area contributed by atoms with Gasteiger partial charge in [0.1, 0.15) is 5.69 Å². The number of ketones is 1. The van der Waals surface area contributed by atoms with Crippen LogP contribution in [0.15, 0.2) is 47.5 Å². The van der Waals surface area contributed by atoms with Crippen molar-refractivity contribution in [3.8, 4) is 0 Å². The summed E-state index contributed by atoms with van der Waals surface area (Å²) in [4.78, 5) is 19.7. The van der Waals surface area contributed by atoms with Gasteiger partial charge in [-0.15, -0.1) is 0 Å². The Morgan fingerprint density at radius 2 is 1.59 bits per heavy atom. The van der Waals surface area contributed by atoms with Gasteiger partial charge in [-0.05, 0) is 43.3 Å². The maximum absolute atomic E-state index is 12.5. The third-order valence-electron chi connectivity index (χ3n) is 2.97. The number of hydrogen-bond donors (Lipinski definition) is 0. The van der Waals surface area contributed by atoms with Crippen LogP contribution in [-0.2, 0) is 6.18 Å². The van der Waals surface area contributed by atoms with Crippen LogP contribution in [0.2, 0.25) is 0 Å². The van der Waals surface area contributed by atoms with E-state index in [0.717, 1.165) is 12.1 Å². The van der Waals surface area contributed by atoms with Crippen molar-refractivity contribution < 1.29 is 18.0 Å². The Kier molecular flexibility index (Phi) is 4.40.